The Kier molecular flexibility index (Phi) is 5.48. The van der Waals surface area contributed by atoms with Crippen molar-refractivity contribution in [3.05, 3.63) is 28.2 Å². The van der Waals surface area contributed by atoms with Gasteiger partial charge in [-0.2, -0.15) is 0 Å². The van der Waals surface area contributed by atoms with Crippen molar-refractivity contribution in [2.75, 3.05) is 19.3 Å². The van der Waals surface area contributed by atoms with E-state index in [-0.39, 0.29) is 5.91 Å². The second kappa shape index (κ2) is 6.64. The first kappa shape index (κ1) is 14.0. The minimum atomic E-state index is 0.0141. The van der Waals surface area contributed by atoms with Gasteiger partial charge in [-0.25, -0.2) is 0 Å². The predicted molar refractivity (Wildman–Crippen MR) is 75.0 cm³/mol. The molecule has 0 saturated carbocycles. The maximum Gasteiger partial charge on any atom is 0.254 e. The average Bonchev–Trinajstić information content (AvgIpc) is 2.32. The number of hydrogen-bond acceptors (Lipinski definition) is 2. The number of amides is 1. The van der Waals surface area contributed by atoms with E-state index in [0.29, 0.717) is 15.7 Å². The zero-order chi connectivity index (χ0) is 12.8. The molecule has 0 heterocycles. The summed E-state index contributed by atoms with van der Waals surface area (Å²) in [5, 5.41) is 0. The second-order valence-corrected chi connectivity index (χ2v) is 4.94. The molecular weight excluding hydrogens is 280 g/mol. The molecule has 0 unspecified atom stereocenters. The Bertz CT molecular complexity index is 393. The summed E-state index contributed by atoms with van der Waals surface area (Å²) in [5.41, 5.74) is 6.99. The molecule has 0 aliphatic carbocycles. The molecule has 94 valence electrons. The number of nitrogens with zero attached hydrogens (tertiary/aromatic N) is 1. The van der Waals surface area contributed by atoms with Crippen molar-refractivity contribution in [2.24, 2.45) is 0 Å². The molecule has 0 spiro atoms. The topological polar surface area (TPSA) is 46.3 Å². The largest absolute Gasteiger partial charge is 0.398 e. The van der Waals surface area contributed by atoms with Crippen LogP contribution in [0.15, 0.2) is 22.7 Å². The van der Waals surface area contributed by atoms with Crippen molar-refractivity contribution in [3.63, 3.8) is 0 Å². The molecule has 0 atom stereocenters. The maximum absolute atomic E-state index is 12.2. The molecule has 1 rings (SSSR count). The number of hydrogen-bond donors (Lipinski definition) is 1. The van der Waals surface area contributed by atoms with Crippen LogP contribution in [0.4, 0.5) is 5.69 Å². The van der Waals surface area contributed by atoms with Crippen LogP contribution in [-0.4, -0.2) is 24.4 Å². The van der Waals surface area contributed by atoms with Gasteiger partial charge in [-0.1, -0.05) is 25.8 Å². The summed E-state index contributed by atoms with van der Waals surface area (Å²) in [6, 6.07) is 5.37. The molecule has 2 N–H and O–H groups in total. The van der Waals surface area contributed by atoms with Crippen LogP contribution in [0.3, 0.4) is 0 Å². The molecule has 0 aliphatic heterocycles. The van der Waals surface area contributed by atoms with E-state index in [1.165, 1.54) is 0 Å². The van der Waals surface area contributed by atoms with E-state index in [0.717, 1.165) is 25.8 Å². The Morgan fingerprint density at radius 2 is 2.12 bits per heavy atom. The van der Waals surface area contributed by atoms with Gasteiger partial charge < -0.3 is 10.6 Å². The minimum absolute atomic E-state index is 0.0141. The van der Waals surface area contributed by atoms with Gasteiger partial charge in [0.2, 0.25) is 0 Å². The van der Waals surface area contributed by atoms with E-state index in [4.69, 9.17) is 5.73 Å². The monoisotopic (exact) mass is 298 g/mol. The Hall–Kier alpha value is -1.03. The third kappa shape index (κ3) is 3.73. The number of carbonyl (C=O) groups is 1. The highest BCUT2D eigenvalue weighted by atomic mass is 79.9. The van der Waals surface area contributed by atoms with Crippen LogP contribution in [0.1, 0.15) is 36.5 Å². The highest BCUT2D eigenvalue weighted by Gasteiger charge is 2.15. The zero-order valence-electron chi connectivity index (χ0n) is 10.4. The minimum Gasteiger partial charge on any atom is -0.398 e. The van der Waals surface area contributed by atoms with Crippen LogP contribution in [0.25, 0.3) is 0 Å². The summed E-state index contributed by atoms with van der Waals surface area (Å²) < 4.78 is 0.687. The molecular formula is C13H19BrN2O. The van der Waals surface area contributed by atoms with Crippen molar-refractivity contribution >= 4 is 27.5 Å². The molecule has 4 heteroatoms. The fraction of sp³-hybridized carbons (Fsp3) is 0.462. The van der Waals surface area contributed by atoms with Crippen LogP contribution in [0.2, 0.25) is 0 Å². The molecule has 1 aromatic carbocycles. The number of anilines is 1. The smallest absolute Gasteiger partial charge is 0.254 e. The van der Waals surface area contributed by atoms with Crippen molar-refractivity contribution < 1.29 is 4.79 Å². The van der Waals surface area contributed by atoms with Gasteiger partial charge in [0.05, 0.1) is 10.0 Å². The lowest BCUT2D eigenvalue weighted by Crippen LogP contribution is -2.28. The van der Waals surface area contributed by atoms with Gasteiger partial charge in [0.1, 0.15) is 0 Å². The number of nitrogens with two attached hydrogens (primary N) is 1. The quantitative estimate of drug-likeness (QED) is 0.670. The van der Waals surface area contributed by atoms with Crippen LogP contribution in [-0.2, 0) is 0 Å². The maximum atomic E-state index is 12.2. The lowest BCUT2D eigenvalue weighted by molar-refractivity contribution is 0.0792. The SMILES string of the molecule is CCCCCN(C)C(=O)c1cccc(N)c1Br. The van der Waals surface area contributed by atoms with Crippen LogP contribution in [0, 0.1) is 0 Å². The van der Waals surface area contributed by atoms with Gasteiger partial charge >= 0.3 is 0 Å². The predicted octanol–water partition coefficient (Wildman–Crippen LogP) is 3.29. The molecule has 0 aliphatic rings. The van der Waals surface area contributed by atoms with Crippen molar-refractivity contribution in [1.29, 1.82) is 0 Å². The second-order valence-electron chi connectivity index (χ2n) is 4.14. The molecule has 1 aromatic rings. The third-order valence-corrected chi connectivity index (χ3v) is 3.59. The lowest BCUT2D eigenvalue weighted by Gasteiger charge is -2.18. The highest BCUT2D eigenvalue weighted by molar-refractivity contribution is 9.10. The molecule has 0 saturated heterocycles. The van der Waals surface area contributed by atoms with E-state index in [2.05, 4.69) is 22.9 Å². The van der Waals surface area contributed by atoms with E-state index < -0.39 is 0 Å². The lowest BCUT2D eigenvalue weighted by atomic mass is 10.1. The molecule has 0 aromatic heterocycles. The summed E-state index contributed by atoms with van der Waals surface area (Å²) >= 11 is 3.36. The fourth-order valence-electron chi connectivity index (χ4n) is 1.62. The van der Waals surface area contributed by atoms with Gasteiger partial charge in [0.15, 0.2) is 0 Å². The summed E-state index contributed by atoms with van der Waals surface area (Å²) in [5.74, 6) is 0.0141. The Labute approximate surface area is 111 Å². The molecule has 0 fully saturated rings. The number of unbranched alkanes of at least 4 members (excludes halogenated alkanes) is 2. The summed E-state index contributed by atoms with van der Waals surface area (Å²) in [4.78, 5) is 13.9. The Morgan fingerprint density at radius 3 is 2.76 bits per heavy atom. The third-order valence-electron chi connectivity index (χ3n) is 2.70. The zero-order valence-corrected chi connectivity index (χ0v) is 12.0. The highest BCUT2D eigenvalue weighted by Crippen LogP contribution is 2.24. The Morgan fingerprint density at radius 1 is 1.41 bits per heavy atom. The first-order chi connectivity index (χ1) is 8.07. The average molecular weight is 299 g/mol. The molecule has 17 heavy (non-hydrogen) atoms. The molecule has 1 amide bonds. The van der Waals surface area contributed by atoms with Crippen molar-refractivity contribution in [3.8, 4) is 0 Å². The standard InChI is InChI=1S/C13H19BrN2O/c1-3-4-5-9-16(2)13(17)10-7-6-8-11(15)12(10)14/h6-8H,3-5,9,15H2,1-2H3. The van der Waals surface area contributed by atoms with E-state index in [1.807, 2.05) is 7.05 Å². The van der Waals surface area contributed by atoms with E-state index in [1.54, 1.807) is 23.1 Å². The van der Waals surface area contributed by atoms with E-state index in [9.17, 15) is 4.79 Å². The number of rotatable bonds is 5. The Balaban J connectivity index is 2.71. The number of nitrogen functional groups attached to an aromatic ring is 1. The summed E-state index contributed by atoms with van der Waals surface area (Å²) in [7, 11) is 1.83. The normalized spacial score (nSPS) is 10.3. The van der Waals surface area contributed by atoms with Gasteiger partial charge in [-0.3, -0.25) is 4.79 Å². The number of benzene rings is 1. The molecule has 0 radical (unpaired) electrons. The van der Waals surface area contributed by atoms with Crippen LogP contribution >= 0.6 is 15.9 Å². The van der Waals surface area contributed by atoms with Gasteiger partial charge in [-0.15, -0.1) is 0 Å². The summed E-state index contributed by atoms with van der Waals surface area (Å²) in [6.07, 6.45) is 3.35. The number of carbonyl (C=O) groups excluding carboxylic acids is 1. The first-order valence-electron chi connectivity index (χ1n) is 5.87. The van der Waals surface area contributed by atoms with E-state index >= 15 is 0 Å². The van der Waals surface area contributed by atoms with Gasteiger partial charge in [-0.05, 0) is 34.5 Å². The van der Waals surface area contributed by atoms with Gasteiger partial charge in [0, 0.05) is 19.3 Å². The van der Waals surface area contributed by atoms with Crippen LogP contribution in [0.5, 0.6) is 0 Å². The van der Waals surface area contributed by atoms with Crippen LogP contribution < -0.4 is 5.73 Å². The summed E-state index contributed by atoms with van der Waals surface area (Å²) in [6.45, 7) is 2.93. The number of halogens is 1. The fourth-order valence-corrected chi connectivity index (χ4v) is 2.06. The van der Waals surface area contributed by atoms with Crippen molar-refractivity contribution in [2.45, 2.75) is 26.2 Å². The van der Waals surface area contributed by atoms with Crippen molar-refractivity contribution in [1.82, 2.24) is 4.90 Å². The van der Waals surface area contributed by atoms with Gasteiger partial charge in [0.25, 0.3) is 5.91 Å². The molecule has 0 bridgehead atoms. The first-order valence-corrected chi connectivity index (χ1v) is 6.66. The molecule has 3 nitrogen and oxygen atoms in total.